The third-order valence-corrected chi connectivity index (χ3v) is 4.35. The fourth-order valence-electron chi connectivity index (χ4n) is 2.13. The smallest absolute Gasteiger partial charge is 0.272 e. The van der Waals surface area contributed by atoms with Crippen molar-refractivity contribution >= 4 is 34.7 Å². The highest BCUT2D eigenvalue weighted by molar-refractivity contribution is 14.1. The summed E-state index contributed by atoms with van der Waals surface area (Å²) in [5, 5.41) is 4.07. The molecule has 0 aliphatic heterocycles. The molecular formula is C20H23IN2O3. The van der Waals surface area contributed by atoms with Gasteiger partial charge < -0.3 is 9.47 Å². The van der Waals surface area contributed by atoms with Crippen LogP contribution in [0.5, 0.6) is 11.5 Å². The lowest BCUT2D eigenvalue weighted by molar-refractivity contribution is 0.0954. The maximum atomic E-state index is 12.2. The van der Waals surface area contributed by atoms with E-state index in [9.17, 15) is 4.79 Å². The molecule has 2 aromatic rings. The Kier molecular flexibility index (Phi) is 8.40. The number of rotatable bonds is 9. The third-order valence-electron chi connectivity index (χ3n) is 3.41. The van der Waals surface area contributed by atoms with Crippen molar-refractivity contribution in [3.8, 4) is 11.5 Å². The molecule has 0 heterocycles. The summed E-state index contributed by atoms with van der Waals surface area (Å²) < 4.78 is 12.3. The number of ether oxygens (including phenoxy) is 2. The molecule has 1 N–H and O–H groups in total. The largest absolute Gasteiger partial charge is 0.493 e. The van der Waals surface area contributed by atoms with Crippen LogP contribution in [-0.4, -0.2) is 25.3 Å². The van der Waals surface area contributed by atoms with Crippen molar-refractivity contribution in [1.29, 1.82) is 0 Å². The number of hydrazone groups is 1. The number of benzene rings is 2. The van der Waals surface area contributed by atoms with E-state index in [1.807, 2.05) is 43.3 Å². The van der Waals surface area contributed by atoms with Crippen molar-refractivity contribution < 1.29 is 14.3 Å². The summed E-state index contributed by atoms with van der Waals surface area (Å²) in [4.78, 5) is 12.2. The van der Waals surface area contributed by atoms with Crippen molar-refractivity contribution in [2.45, 2.75) is 26.7 Å². The van der Waals surface area contributed by atoms with E-state index in [0.29, 0.717) is 24.5 Å². The van der Waals surface area contributed by atoms with Gasteiger partial charge in [-0.15, -0.1) is 0 Å². The van der Waals surface area contributed by atoms with Crippen LogP contribution >= 0.6 is 22.6 Å². The van der Waals surface area contributed by atoms with Crippen LogP contribution in [0.25, 0.3) is 0 Å². The molecule has 0 bridgehead atoms. The zero-order valence-corrected chi connectivity index (χ0v) is 17.2. The molecule has 0 unspecified atom stereocenters. The van der Waals surface area contributed by atoms with Crippen molar-refractivity contribution in [2.24, 2.45) is 5.10 Å². The Labute approximate surface area is 167 Å². The van der Waals surface area contributed by atoms with E-state index in [2.05, 4.69) is 40.0 Å². The predicted molar refractivity (Wildman–Crippen MR) is 112 cm³/mol. The second-order valence-electron chi connectivity index (χ2n) is 5.58. The van der Waals surface area contributed by atoms with E-state index < -0.39 is 0 Å². The second kappa shape index (κ2) is 10.8. The molecule has 0 aromatic heterocycles. The summed E-state index contributed by atoms with van der Waals surface area (Å²) in [5.41, 5.74) is 3.94. The van der Waals surface area contributed by atoms with Crippen molar-refractivity contribution in [1.82, 2.24) is 5.43 Å². The lowest BCUT2D eigenvalue weighted by Gasteiger charge is -2.11. The first-order chi connectivity index (χ1) is 12.7. The van der Waals surface area contributed by atoms with E-state index in [-0.39, 0.29) is 5.91 Å². The third kappa shape index (κ3) is 6.01. The van der Waals surface area contributed by atoms with Gasteiger partial charge in [-0.1, -0.05) is 26.0 Å². The van der Waals surface area contributed by atoms with Crippen LogP contribution in [0.3, 0.4) is 0 Å². The number of hydrogen-bond acceptors (Lipinski definition) is 4. The fourth-order valence-corrected chi connectivity index (χ4v) is 2.77. The molecule has 2 rings (SSSR count). The molecular weight excluding hydrogens is 443 g/mol. The summed E-state index contributed by atoms with van der Waals surface area (Å²) in [5.74, 6) is 1.20. The number of carbonyl (C=O) groups excluding carboxylic acids is 1. The summed E-state index contributed by atoms with van der Waals surface area (Å²) >= 11 is 2.13. The van der Waals surface area contributed by atoms with Gasteiger partial charge in [-0.3, -0.25) is 4.79 Å². The van der Waals surface area contributed by atoms with Gasteiger partial charge in [0.05, 0.1) is 25.0 Å². The van der Waals surface area contributed by atoms with Gasteiger partial charge >= 0.3 is 0 Å². The highest BCUT2D eigenvalue weighted by Crippen LogP contribution is 2.24. The van der Waals surface area contributed by atoms with Crippen LogP contribution in [0.2, 0.25) is 0 Å². The van der Waals surface area contributed by atoms with Gasteiger partial charge in [0.25, 0.3) is 5.91 Å². The number of nitrogens with one attached hydrogen (secondary N) is 1. The SMILES string of the molecule is CCCOc1ccc(/C=N\NC(=O)c2ccccc2I)c(OCCC)c1. The van der Waals surface area contributed by atoms with Gasteiger partial charge in [0.1, 0.15) is 11.5 Å². The van der Waals surface area contributed by atoms with Crippen molar-refractivity contribution in [3.63, 3.8) is 0 Å². The Hall–Kier alpha value is -2.09. The van der Waals surface area contributed by atoms with Gasteiger partial charge in [0.15, 0.2) is 0 Å². The zero-order chi connectivity index (χ0) is 18.8. The lowest BCUT2D eigenvalue weighted by Crippen LogP contribution is -2.18. The first-order valence-electron chi connectivity index (χ1n) is 8.63. The summed E-state index contributed by atoms with van der Waals surface area (Å²) in [6, 6.07) is 13.0. The van der Waals surface area contributed by atoms with Crippen LogP contribution in [0.1, 0.15) is 42.6 Å². The Morgan fingerprint density at radius 2 is 1.85 bits per heavy atom. The monoisotopic (exact) mass is 466 g/mol. The fraction of sp³-hybridized carbons (Fsp3) is 0.300. The minimum Gasteiger partial charge on any atom is -0.493 e. The van der Waals surface area contributed by atoms with Crippen LogP contribution in [0.4, 0.5) is 0 Å². The van der Waals surface area contributed by atoms with Crippen molar-refractivity contribution in [3.05, 3.63) is 57.2 Å². The molecule has 6 heteroatoms. The molecule has 5 nitrogen and oxygen atoms in total. The molecule has 0 fully saturated rings. The quantitative estimate of drug-likeness (QED) is 0.333. The molecule has 0 aliphatic carbocycles. The van der Waals surface area contributed by atoms with E-state index in [1.165, 1.54) is 0 Å². The minimum absolute atomic E-state index is 0.245. The standard InChI is InChI=1S/C20H23IN2O3/c1-3-11-25-16-10-9-15(19(13-16)26-12-4-2)14-22-23-20(24)17-7-5-6-8-18(17)21/h5-10,13-14H,3-4,11-12H2,1-2H3,(H,23,24)/b22-14-. The van der Waals surface area contributed by atoms with Gasteiger partial charge in [-0.05, 0) is 59.7 Å². The van der Waals surface area contributed by atoms with E-state index in [4.69, 9.17) is 9.47 Å². The van der Waals surface area contributed by atoms with Gasteiger partial charge in [0.2, 0.25) is 0 Å². The minimum atomic E-state index is -0.245. The number of amides is 1. The molecule has 0 atom stereocenters. The molecule has 0 spiro atoms. The summed E-state index contributed by atoms with van der Waals surface area (Å²) in [7, 11) is 0. The van der Waals surface area contributed by atoms with Crippen LogP contribution < -0.4 is 14.9 Å². The number of carbonyl (C=O) groups is 1. The average molecular weight is 466 g/mol. The maximum absolute atomic E-state index is 12.2. The Balaban J connectivity index is 2.09. The van der Waals surface area contributed by atoms with E-state index >= 15 is 0 Å². The molecule has 26 heavy (non-hydrogen) atoms. The molecule has 2 aromatic carbocycles. The predicted octanol–water partition coefficient (Wildman–Crippen LogP) is 4.63. The van der Waals surface area contributed by atoms with E-state index in [1.54, 1.807) is 12.3 Å². The number of halogens is 1. The van der Waals surface area contributed by atoms with Gasteiger partial charge in [-0.25, -0.2) is 5.43 Å². The Bertz CT molecular complexity index is 762. The topological polar surface area (TPSA) is 59.9 Å². The first-order valence-corrected chi connectivity index (χ1v) is 9.71. The van der Waals surface area contributed by atoms with Crippen molar-refractivity contribution in [2.75, 3.05) is 13.2 Å². The highest BCUT2D eigenvalue weighted by atomic mass is 127. The van der Waals surface area contributed by atoms with Gasteiger partial charge in [-0.2, -0.15) is 5.10 Å². The average Bonchev–Trinajstić information content (AvgIpc) is 2.66. The number of nitrogens with zero attached hydrogens (tertiary/aromatic N) is 1. The molecule has 0 saturated carbocycles. The van der Waals surface area contributed by atoms with Gasteiger partial charge in [0, 0.05) is 15.2 Å². The molecule has 1 amide bonds. The number of hydrogen-bond donors (Lipinski definition) is 1. The Morgan fingerprint density at radius 3 is 2.58 bits per heavy atom. The first kappa shape index (κ1) is 20.2. The maximum Gasteiger partial charge on any atom is 0.272 e. The molecule has 0 aliphatic rings. The van der Waals surface area contributed by atoms with E-state index in [0.717, 1.165) is 27.7 Å². The normalized spacial score (nSPS) is 10.7. The summed E-state index contributed by atoms with van der Waals surface area (Å²) in [6.45, 7) is 5.37. The lowest BCUT2D eigenvalue weighted by atomic mass is 10.2. The van der Waals surface area contributed by atoms with Crippen LogP contribution in [-0.2, 0) is 0 Å². The van der Waals surface area contributed by atoms with Crippen LogP contribution in [0, 0.1) is 3.57 Å². The highest BCUT2D eigenvalue weighted by Gasteiger charge is 2.08. The summed E-state index contributed by atoms with van der Waals surface area (Å²) in [6.07, 6.45) is 3.43. The molecule has 138 valence electrons. The Morgan fingerprint density at radius 1 is 1.12 bits per heavy atom. The molecule has 0 saturated heterocycles. The van der Waals surface area contributed by atoms with Crippen LogP contribution in [0.15, 0.2) is 47.6 Å². The molecule has 0 radical (unpaired) electrons. The second-order valence-corrected chi connectivity index (χ2v) is 6.74. The zero-order valence-electron chi connectivity index (χ0n) is 15.0.